The molecule has 9 heteroatoms. The van der Waals surface area contributed by atoms with E-state index in [4.69, 9.17) is 4.42 Å². The second kappa shape index (κ2) is 10.1. The minimum Gasteiger partial charge on any atom is -0.469 e. The molecular weight excluding hydrogens is 466 g/mol. The zero-order valence-electron chi connectivity index (χ0n) is 19.8. The van der Waals surface area contributed by atoms with Gasteiger partial charge in [-0.05, 0) is 43.7 Å². The Morgan fingerprint density at radius 2 is 1.77 bits per heavy atom. The third kappa shape index (κ3) is 5.31. The number of hydrogen-bond acceptors (Lipinski definition) is 5. The van der Waals surface area contributed by atoms with Crippen molar-refractivity contribution < 1.29 is 22.4 Å². The van der Waals surface area contributed by atoms with Crippen molar-refractivity contribution in [2.24, 2.45) is 0 Å². The number of benzene rings is 2. The molecular formula is C26H29N3O5S. The summed E-state index contributed by atoms with van der Waals surface area (Å²) in [6, 6.07) is 19.3. The van der Waals surface area contributed by atoms with Crippen LogP contribution in [0.25, 0.3) is 0 Å². The first kappa shape index (κ1) is 24.7. The van der Waals surface area contributed by atoms with Crippen LogP contribution in [0.15, 0.2) is 82.3 Å². The van der Waals surface area contributed by atoms with Crippen molar-refractivity contribution in [1.82, 2.24) is 14.5 Å². The molecule has 1 atom stereocenters. The Balaban J connectivity index is 1.60. The lowest BCUT2D eigenvalue weighted by molar-refractivity contribution is -0.152. The van der Waals surface area contributed by atoms with Gasteiger partial charge in [-0.3, -0.25) is 9.59 Å². The summed E-state index contributed by atoms with van der Waals surface area (Å²) in [5.74, 6) is -0.173. The smallest absolute Gasteiger partial charge is 0.247 e. The van der Waals surface area contributed by atoms with Crippen LogP contribution in [0.2, 0.25) is 0 Å². The number of nitrogens with zero attached hydrogens (tertiary/aromatic N) is 2. The molecule has 0 spiro atoms. The van der Waals surface area contributed by atoms with Crippen LogP contribution in [0, 0.1) is 6.92 Å². The van der Waals surface area contributed by atoms with Gasteiger partial charge in [0.2, 0.25) is 21.8 Å². The Morgan fingerprint density at radius 1 is 1.06 bits per heavy atom. The third-order valence-electron chi connectivity index (χ3n) is 6.30. The normalized spacial score (nSPS) is 19.0. The third-order valence-corrected chi connectivity index (χ3v) is 8.10. The molecule has 8 nitrogen and oxygen atoms in total. The fourth-order valence-electron chi connectivity index (χ4n) is 4.23. The summed E-state index contributed by atoms with van der Waals surface area (Å²) < 4.78 is 33.1. The molecule has 0 aliphatic carbocycles. The number of amides is 2. The van der Waals surface area contributed by atoms with Crippen molar-refractivity contribution in [3.05, 3.63) is 89.9 Å². The average molecular weight is 496 g/mol. The number of piperazine rings is 1. The van der Waals surface area contributed by atoms with Crippen LogP contribution in [-0.4, -0.2) is 54.6 Å². The van der Waals surface area contributed by atoms with Crippen molar-refractivity contribution in [2.75, 3.05) is 19.6 Å². The molecule has 0 saturated carbocycles. The van der Waals surface area contributed by atoms with Crippen LogP contribution in [0.1, 0.15) is 23.8 Å². The van der Waals surface area contributed by atoms with Crippen molar-refractivity contribution in [3.8, 4) is 0 Å². The lowest BCUT2D eigenvalue weighted by Gasteiger charge is -2.46. The van der Waals surface area contributed by atoms with Crippen molar-refractivity contribution in [1.29, 1.82) is 0 Å². The molecule has 1 aliphatic heterocycles. The second-order valence-electron chi connectivity index (χ2n) is 8.90. The van der Waals surface area contributed by atoms with Gasteiger partial charge >= 0.3 is 0 Å². The monoisotopic (exact) mass is 495 g/mol. The number of aryl methyl sites for hydroxylation is 1. The highest BCUT2D eigenvalue weighted by Crippen LogP contribution is 2.28. The van der Waals surface area contributed by atoms with E-state index in [2.05, 4.69) is 5.32 Å². The predicted molar refractivity (Wildman–Crippen MR) is 131 cm³/mol. The van der Waals surface area contributed by atoms with Crippen LogP contribution in [0.4, 0.5) is 0 Å². The highest BCUT2D eigenvalue weighted by molar-refractivity contribution is 7.89. The predicted octanol–water partition coefficient (Wildman–Crippen LogP) is 2.74. The maximum atomic E-state index is 13.5. The van der Waals surface area contributed by atoms with Crippen molar-refractivity contribution >= 4 is 21.8 Å². The highest BCUT2D eigenvalue weighted by Gasteiger charge is 2.50. The van der Waals surface area contributed by atoms with Gasteiger partial charge in [-0.25, -0.2) is 8.42 Å². The van der Waals surface area contributed by atoms with Crippen LogP contribution >= 0.6 is 0 Å². The summed E-state index contributed by atoms with van der Waals surface area (Å²) in [5.41, 5.74) is 0.607. The molecule has 1 aliphatic rings. The number of rotatable bonds is 8. The van der Waals surface area contributed by atoms with Gasteiger partial charge in [0.25, 0.3) is 0 Å². The molecule has 1 N–H and O–H groups in total. The Morgan fingerprint density at radius 3 is 2.43 bits per heavy atom. The number of nitrogens with one attached hydrogen (secondary N) is 1. The molecule has 0 radical (unpaired) electrons. The lowest BCUT2D eigenvalue weighted by Crippen LogP contribution is -2.69. The van der Waals surface area contributed by atoms with E-state index in [-0.39, 0.29) is 31.1 Å². The fraction of sp³-hybridized carbons (Fsp3) is 0.308. The molecule has 3 aromatic rings. The summed E-state index contributed by atoms with van der Waals surface area (Å²) >= 11 is 0. The van der Waals surface area contributed by atoms with Gasteiger partial charge in [-0.15, -0.1) is 0 Å². The summed E-state index contributed by atoms with van der Waals surface area (Å²) in [6.07, 6.45) is 1.96. The lowest BCUT2D eigenvalue weighted by atomic mass is 9.95. The molecule has 2 aromatic carbocycles. The van der Waals surface area contributed by atoms with Gasteiger partial charge in [0, 0.05) is 26.1 Å². The first-order valence-electron chi connectivity index (χ1n) is 11.4. The fourth-order valence-corrected chi connectivity index (χ4v) is 5.73. The number of hydrogen-bond donors (Lipinski definition) is 1. The molecule has 0 bridgehead atoms. The Kier molecular flexibility index (Phi) is 7.09. The van der Waals surface area contributed by atoms with Crippen molar-refractivity contribution in [2.45, 2.75) is 37.2 Å². The van der Waals surface area contributed by atoms with Gasteiger partial charge in [-0.1, -0.05) is 48.0 Å². The van der Waals surface area contributed by atoms with Crippen LogP contribution in [0.3, 0.4) is 0 Å². The Labute approximate surface area is 205 Å². The van der Waals surface area contributed by atoms with E-state index in [1.807, 2.05) is 31.2 Å². The quantitative estimate of drug-likeness (QED) is 0.518. The van der Waals surface area contributed by atoms with Crippen molar-refractivity contribution in [3.63, 3.8) is 0 Å². The van der Waals surface area contributed by atoms with Crippen LogP contribution in [-0.2, 0) is 32.6 Å². The molecule has 4 rings (SSSR count). The highest BCUT2D eigenvalue weighted by atomic mass is 32.2. The second-order valence-corrected chi connectivity index (χ2v) is 10.8. The van der Waals surface area contributed by atoms with E-state index >= 15 is 0 Å². The standard InChI is InChI=1S/C26H29N3O5S/c1-20-10-12-21(13-11-20)17-27-25(31)26(2)19-28(35(32,33)23-8-4-3-5-9-23)18-24(30)29(26)15-14-22-7-6-16-34-22/h3-13,16H,14-15,17-19H2,1-2H3,(H,27,31). The minimum absolute atomic E-state index is 0.0826. The van der Waals surface area contributed by atoms with E-state index in [1.165, 1.54) is 17.0 Å². The van der Waals surface area contributed by atoms with Gasteiger partial charge in [0.15, 0.2) is 0 Å². The molecule has 2 amide bonds. The molecule has 184 valence electrons. The van der Waals surface area contributed by atoms with E-state index < -0.39 is 27.4 Å². The number of carbonyl (C=O) groups is 2. The topological polar surface area (TPSA) is 99.9 Å². The summed E-state index contributed by atoms with van der Waals surface area (Å²) in [5, 5.41) is 2.91. The van der Waals surface area contributed by atoms with Crippen LogP contribution in [0.5, 0.6) is 0 Å². The maximum Gasteiger partial charge on any atom is 0.247 e. The molecule has 35 heavy (non-hydrogen) atoms. The molecule has 1 saturated heterocycles. The van der Waals surface area contributed by atoms with Gasteiger partial charge in [-0.2, -0.15) is 4.31 Å². The van der Waals surface area contributed by atoms with E-state index in [0.29, 0.717) is 12.2 Å². The molecule has 1 fully saturated rings. The molecule has 2 heterocycles. The molecule has 1 aromatic heterocycles. The summed E-state index contributed by atoms with van der Waals surface area (Å²) in [7, 11) is -3.97. The Bertz CT molecular complexity index is 1270. The SMILES string of the molecule is Cc1ccc(CNC(=O)C2(C)CN(S(=O)(=O)c3ccccc3)CC(=O)N2CCc2ccco2)cc1. The number of sulfonamides is 1. The minimum atomic E-state index is -3.97. The number of carbonyl (C=O) groups excluding carboxylic acids is 2. The Hall–Kier alpha value is -3.43. The van der Waals surface area contributed by atoms with E-state index in [0.717, 1.165) is 15.4 Å². The summed E-state index contributed by atoms with van der Waals surface area (Å²) in [6.45, 7) is 3.59. The first-order chi connectivity index (χ1) is 16.7. The van der Waals surface area contributed by atoms with Gasteiger partial charge < -0.3 is 14.6 Å². The number of furan rings is 1. The zero-order chi connectivity index (χ0) is 25.1. The van der Waals surface area contributed by atoms with Gasteiger partial charge in [0.05, 0.1) is 17.7 Å². The molecule has 1 unspecified atom stereocenters. The zero-order valence-corrected chi connectivity index (χ0v) is 20.6. The van der Waals surface area contributed by atoms with Gasteiger partial charge in [0.1, 0.15) is 11.3 Å². The van der Waals surface area contributed by atoms with Crippen LogP contribution < -0.4 is 5.32 Å². The largest absolute Gasteiger partial charge is 0.469 e. The van der Waals surface area contributed by atoms with E-state index in [1.54, 1.807) is 43.5 Å². The summed E-state index contributed by atoms with van der Waals surface area (Å²) in [4.78, 5) is 28.4. The first-order valence-corrected chi connectivity index (χ1v) is 12.9. The van der Waals surface area contributed by atoms with E-state index in [9.17, 15) is 18.0 Å². The maximum absolute atomic E-state index is 13.5. The average Bonchev–Trinajstić information content (AvgIpc) is 3.37.